The zero-order valence-corrected chi connectivity index (χ0v) is 13.2. The summed E-state index contributed by atoms with van der Waals surface area (Å²) >= 11 is 0. The first-order chi connectivity index (χ1) is 9.28. The van der Waals surface area contributed by atoms with Crippen LogP contribution in [-0.4, -0.2) is 24.6 Å². The van der Waals surface area contributed by atoms with Crippen LogP contribution < -0.4 is 0 Å². The number of hydrogen-bond donors (Lipinski definition) is 0. The first-order valence-corrected chi connectivity index (χ1v) is 7.06. The second kappa shape index (κ2) is 9.41. The highest BCUT2D eigenvalue weighted by atomic mass is 16.5. The van der Waals surface area contributed by atoms with E-state index in [0.717, 1.165) is 0 Å². The van der Waals surface area contributed by atoms with Crippen molar-refractivity contribution in [2.75, 3.05) is 6.61 Å². The molecule has 0 spiro atoms. The topological polar surface area (TPSA) is 52.6 Å². The quantitative estimate of drug-likeness (QED) is 0.532. The summed E-state index contributed by atoms with van der Waals surface area (Å²) in [5, 5.41) is 0. The van der Waals surface area contributed by atoms with Gasteiger partial charge in [0.15, 0.2) is 6.10 Å². The van der Waals surface area contributed by atoms with Crippen molar-refractivity contribution in [3.05, 3.63) is 0 Å². The third-order valence-corrected chi connectivity index (χ3v) is 2.38. The van der Waals surface area contributed by atoms with Crippen molar-refractivity contribution in [2.45, 2.75) is 66.4 Å². The van der Waals surface area contributed by atoms with Crippen LogP contribution in [0.5, 0.6) is 0 Å². The summed E-state index contributed by atoms with van der Waals surface area (Å²) in [6.45, 7) is 10.0. The fourth-order valence-corrected chi connectivity index (χ4v) is 1.34. The molecule has 0 rings (SSSR count). The molecule has 0 aliphatic rings. The van der Waals surface area contributed by atoms with Crippen LogP contribution in [0.15, 0.2) is 0 Å². The van der Waals surface area contributed by atoms with E-state index in [0.29, 0.717) is 19.4 Å². The van der Waals surface area contributed by atoms with Crippen molar-refractivity contribution in [3.8, 4) is 11.8 Å². The minimum absolute atomic E-state index is 0.0399. The maximum atomic E-state index is 11.5. The number of hydrogen-bond acceptors (Lipinski definition) is 4. The highest BCUT2D eigenvalue weighted by molar-refractivity contribution is 5.72. The van der Waals surface area contributed by atoms with Crippen molar-refractivity contribution >= 4 is 11.9 Å². The highest BCUT2D eigenvalue weighted by Gasteiger charge is 2.15. The zero-order valence-electron chi connectivity index (χ0n) is 13.2. The van der Waals surface area contributed by atoms with Crippen LogP contribution in [0.2, 0.25) is 0 Å². The lowest BCUT2D eigenvalue weighted by molar-refractivity contribution is -0.148. The van der Waals surface area contributed by atoms with Crippen molar-refractivity contribution in [1.29, 1.82) is 0 Å². The molecule has 0 aromatic carbocycles. The van der Waals surface area contributed by atoms with Gasteiger partial charge in [-0.1, -0.05) is 33.6 Å². The molecule has 0 heterocycles. The lowest BCUT2D eigenvalue weighted by atomic mass is 9.99. The van der Waals surface area contributed by atoms with E-state index in [2.05, 4.69) is 11.8 Å². The van der Waals surface area contributed by atoms with Crippen LogP contribution in [0.4, 0.5) is 0 Å². The molecule has 114 valence electrons. The summed E-state index contributed by atoms with van der Waals surface area (Å²) in [7, 11) is 0. The van der Waals surface area contributed by atoms with Crippen LogP contribution in [0, 0.1) is 17.3 Å². The van der Waals surface area contributed by atoms with Gasteiger partial charge in [-0.15, -0.1) is 5.92 Å². The molecular weight excluding hydrogens is 256 g/mol. The van der Waals surface area contributed by atoms with Crippen LogP contribution in [0.25, 0.3) is 0 Å². The van der Waals surface area contributed by atoms with E-state index in [4.69, 9.17) is 9.47 Å². The Kier molecular flexibility index (Phi) is 8.71. The van der Waals surface area contributed by atoms with Crippen LogP contribution >= 0.6 is 0 Å². The van der Waals surface area contributed by atoms with Gasteiger partial charge in [0.1, 0.15) is 0 Å². The monoisotopic (exact) mass is 282 g/mol. The Hall–Kier alpha value is -1.50. The second-order valence-electron chi connectivity index (χ2n) is 5.86. The third kappa shape index (κ3) is 10.4. The molecule has 0 aromatic rings. The Morgan fingerprint density at radius 3 is 2.25 bits per heavy atom. The molecule has 0 fully saturated rings. The highest BCUT2D eigenvalue weighted by Crippen LogP contribution is 2.13. The molecule has 1 unspecified atom stereocenters. The zero-order chi connectivity index (χ0) is 15.6. The maximum absolute atomic E-state index is 11.5. The molecule has 0 amide bonds. The Balaban J connectivity index is 3.85. The summed E-state index contributed by atoms with van der Waals surface area (Å²) in [6.07, 6.45) is 1.21. The predicted molar refractivity (Wildman–Crippen MR) is 77.9 cm³/mol. The summed E-state index contributed by atoms with van der Waals surface area (Å²) in [5.41, 5.74) is -0.0399. The molecular formula is C16H26O4. The average Bonchev–Trinajstić information content (AvgIpc) is 2.35. The molecule has 0 aliphatic heterocycles. The fraction of sp³-hybridized carbons (Fsp3) is 0.750. The van der Waals surface area contributed by atoms with Crippen molar-refractivity contribution in [1.82, 2.24) is 0 Å². The molecule has 0 saturated carbocycles. The van der Waals surface area contributed by atoms with E-state index in [1.54, 1.807) is 6.92 Å². The molecule has 1 atom stereocenters. The maximum Gasteiger partial charge on any atom is 0.307 e. The van der Waals surface area contributed by atoms with E-state index >= 15 is 0 Å². The van der Waals surface area contributed by atoms with Crippen molar-refractivity contribution in [2.24, 2.45) is 5.41 Å². The number of rotatable bonds is 7. The van der Waals surface area contributed by atoms with E-state index in [1.807, 2.05) is 27.7 Å². The third-order valence-electron chi connectivity index (χ3n) is 2.38. The Bertz CT molecular complexity index is 368. The number of ether oxygens (including phenoxy) is 2. The second-order valence-corrected chi connectivity index (χ2v) is 5.86. The van der Waals surface area contributed by atoms with Gasteiger partial charge in [-0.3, -0.25) is 9.59 Å². The Morgan fingerprint density at radius 2 is 1.75 bits per heavy atom. The lowest BCUT2D eigenvalue weighted by Gasteiger charge is -2.17. The lowest BCUT2D eigenvalue weighted by Crippen LogP contribution is -2.19. The molecule has 0 N–H and O–H groups in total. The minimum atomic E-state index is -0.347. The minimum Gasteiger partial charge on any atom is -0.465 e. The first-order valence-electron chi connectivity index (χ1n) is 7.06. The summed E-state index contributed by atoms with van der Waals surface area (Å²) < 4.78 is 10.3. The van der Waals surface area contributed by atoms with Gasteiger partial charge in [0.25, 0.3) is 0 Å². The van der Waals surface area contributed by atoms with Gasteiger partial charge >= 0.3 is 11.9 Å². The molecule has 20 heavy (non-hydrogen) atoms. The number of carbonyl (C=O) groups is 2. The van der Waals surface area contributed by atoms with E-state index in [9.17, 15) is 9.59 Å². The first kappa shape index (κ1) is 18.5. The van der Waals surface area contributed by atoms with Gasteiger partial charge < -0.3 is 9.47 Å². The van der Waals surface area contributed by atoms with Crippen molar-refractivity contribution in [3.63, 3.8) is 0 Å². The van der Waals surface area contributed by atoms with Gasteiger partial charge in [-0.2, -0.15) is 0 Å². The smallest absolute Gasteiger partial charge is 0.307 e. The van der Waals surface area contributed by atoms with Gasteiger partial charge in [-0.25, -0.2) is 0 Å². The molecule has 0 aliphatic carbocycles. The van der Waals surface area contributed by atoms with Gasteiger partial charge in [0.2, 0.25) is 0 Å². The molecule has 4 nitrogen and oxygen atoms in total. The average molecular weight is 282 g/mol. The van der Waals surface area contributed by atoms with Crippen molar-refractivity contribution < 1.29 is 19.1 Å². The molecule has 0 saturated heterocycles. The molecule has 4 heteroatoms. The number of carbonyl (C=O) groups excluding carboxylic acids is 2. The number of esters is 2. The molecule has 0 bridgehead atoms. The molecule has 0 aromatic heterocycles. The van der Waals surface area contributed by atoms with E-state index < -0.39 is 0 Å². The van der Waals surface area contributed by atoms with E-state index in [-0.39, 0.29) is 36.3 Å². The summed E-state index contributed by atoms with van der Waals surface area (Å²) in [4.78, 5) is 23.0. The van der Waals surface area contributed by atoms with Gasteiger partial charge in [-0.05, 0) is 25.2 Å². The Morgan fingerprint density at radius 1 is 1.15 bits per heavy atom. The largest absolute Gasteiger partial charge is 0.465 e. The Labute approximate surface area is 122 Å². The van der Waals surface area contributed by atoms with Gasteiger partial charge in [0, 0.05) is 12.8 Å². The van der Waals surface area contributed by atoms with Crippen LogP contribution in [0.1, 0.15) is 60.3 Å². The van der Waals surface area contributed by atoms with Crippen LogP contribution in [-0.2, 0) is 19.1 Å². The predicted octanol–water partition coefficient (Wildman–Crippen LogP) is 3.09. The standard InChI is InChI=1S/C16H26O4/c1-6-9-13(7-2)20-15(18)11-8-10-14(17)19-12-16(3,4)5/h13H,7-8,10-12H2,1-5H3. The SMILES string of the molecule is CC#CC(CC)OC(=O)CCCC(=O)OCC(C)(C)C. The van der Waals surface area contributed by atoms with Crippen LogP contribution in [0.3, 0.4) is 0 Å². The summed E-state index contributed by atoms with van der Waals surface area (Å²) in [5.74, 6) is 4.96. The van der Waals surface area contributed by atoms with E-state index in [1.165, 1.54) is 0 Å². The summed E-state index contributed by atoms with van der Waals surface area (Å²) in [6, 6.07) is 0. The molecule has 0 radical (unpaired) electrons. The van der Waals surface area contributed by atoms with Gasteiger partial charge in [0.05, 0.1) is 6.61 Å². The normalized spacial score (nSPS) is 12.1. The fourth-order valence-electron chi connectivity index (χ4n) is 1.34.